The predicted octanol–water partition coefficient (Wildman–Crippen LogP) is 0.439. The van der Waals surface area contributed by atoms with Crippen molar-refractivity contribution in [2.24, 2.45) is 11.7 Å². The molecule has 2 atom stereocenters. The van der Waals surface area contributed by atoms with Crippen molar-refractivity contribution in [3.63, 3.8) is 0 Å². The van der Waals surface area contributed by atoms with E-state index in [9.17, 15) is 8.42 Å². The summed E-state index contributed by atoms with van der Waals surface area (Å²) in [5.74, 6) is 0.190. The maximum absolute atomic E-state index is 12.3. The molecule has 1 aliphatic rings. The molecule has 0 spiro atoms. The van der Waals surface area contributed by atoms with Crippen LogP contribution in [0, 0.1) is 5.92 Å². The van der Waals surface area contributed by atoms with Gasteiger partial charge in [-0.1, -0.05) is 6.92 Å². The average molecular weight is 255 g/mol. The highest BCUT2D eigenvalue weighted by Gasteiger charge is 2.31. The van der Waals surface area contributed by atoms with E-state index in [4.69, 9.17) is 5.73 Å². The molecule has 1 fully saturated rings. The number of hydrogen-bond donors (Lipinski definition) is 1. The second kappa shape index (κ2) is 4.72. The fourth-order valence-corrected chi connectivity index (χ4v) is 3.51. The Labute approximate surface area is 102 Å². The zero-order valence-electron chi connectivity index (χ0n) is 9.78. The molecular weight excluding hydrogens is 238 g/mol. The minimum atomic E-state index is -3.40. The molecule has 6 heteroatoms. The lowest BCUT2D eigenvalue weighted by atomic mass is 9.96. The van der Waals surface area contributed by atoms with Gasteiger partial charge >= 0.3 is 0 Å². The molecule has 0 amide bonds. The highest BCUT2D eigenvalue weighted by atomic mass is 32.2. The van der Waals surface area contributed by atoms with Crippen LogP contribution in [0.1, 0.15) is 13.3 Å². The lowest BCUT2D eigenvalue weighted by molar-refractivity contribution is 0.250. The Morgan fingerprint density at radius 2 is 2.29 bits per heavy atom. The van der Waals surface area contributed by atoms with Crippen LogP contribution in [-0.2, 0) is 10.0 Å². The lowest BCUT2D eigenvalue weighted by Crippen LogP contribution is -2.48. The quantitative estimate of drug-likeness (QED) is 0.832. The number of hydrogen-bond acceptors (Lipinski definition) is 4. The molecule has 17 heavy (non-hydrogen) atoms. The van der Waals surface area contributed by atoms with E-state index >= 15 is 0 Å². The number of pyridine rings is 1. The number of nitrogens with zero attached hydrogens (tertiary/aromatic N) is 2. The van der Waals surface area contributed by atoms with Crippen molar-refractivity contribution in [1.82, 2.24) is 9.29 Å². The summed E-state index contributed by atoms with van der Waals surface area (Å²) in [7, 11) is -3.40. The number of aromatic nitrogens is 1. The predicted molar refractivity (Wildman–Crippen MR) is 64.8 cm³/mol. The minimum Gasteiger partial charge on any atom is -0.327 e. The standard InChI is InChI=1S/C11H17N3O2S/c1-9-8-14(6-4-11(9)12)17(15,16)10-3-2-5-13-7-10/h2-3,5,7,9,11H,4,6,8,12H2,1H3. The number of piperidine rings is 1. The van der Waals surface area contributed by atoms with E-state index in [1.165, 1.54) is 10.5 Å². The molecule has 2 N–H and O–H groups in total. The zero-order chi connectivity index (χ0) is 12.5. The first-order chi connectivity index (χ1) is 8.01. The Morgan fingerprint density at radius 3 is 2.88 bits per heavy atom. The third-order valence-electron chi connectivity index (χ3n) is 3.21. The molecule has 2 unspecified atom stereocenters. The van der Waals surface area contributed by atoms with Crippen molar-refractivity contribution in [2.45, 2.75) is 24.3 Å². The first-order valence-electron chi connectivity index (χ1n) is 5.67. The molecular formula is C11H17N3O2S. The van der Waals surface area contributed by atoms with Gasteiger partial charge in [0.05, 0.1) is 0 Å². The van der Waals surface area contributed by atoms with Crippen molar-refractivity contribution in [2.75, 3.05) is 13.1 Å². The molecule has 1 aromatic heterocycles. The first kappa shape index (κ1) is 12.5. The highest BCUT2D eigenvalue weighted by Crippen LogP contribution is 2.22. The van der Waals surface area contributed by atoms with Crippen LogP contribution in [0.15, 0.2) is 29.4 Å². The summed E-state index contributed by atoms with van der Waals surface area (Å²) in [6.07, 6.45) is 3.66. The maximum atomic E-state index is 12.3. The summed E-state index contributed by atoms with van der Waals surface area (Å²) in [5.41, 5.74) is 5.89. The summed E-state index contributed by atoms with van der Waals surface area (Å²) in [6, 6.07) is 3.29. The molecule has 0 aromatic carbocycles. The number of rotatable bonds is 2. The lowest BCUT2D eigenvalue weighted by Gasteiger charge is -2.34. The minimum absolute atomic E-state index is 0.0929. The maximum Gasteiger partial charge on any atom is 0.244 e. The Kier molecular flexibility index (Phi) is 3.46. The average Bonchev–Trinajstić information content (AvgIpc) is 2.33. The van der Waals surface area contributed by atoms with E-state index in [1.807, 2.05) is 6.92 Å². The monoisotopic (exact) mass is 255 g/mol. The molecule has 0 aliphatic carbocycles. The van der Waals surface area contributed by atoms with Crippen molar-refractivity contribution < 1.29 is 8.42 Å². The fraction of sp³-hybridized carbons (Fsp3) is 0.545. The van der Waals surface area contributed by atoms with Gasteiger partial charge in [-0.05, 0) is 24.5 Å². The Balaban J connectivity index is 2.23. The molecule has 2 rings (SSSR count). The van der Waals surface area contributed by atoms with Gasteiger partial charge in [0.15, 0.2) is 0 Å². The molecule has 0 radical (unpaired) electrons. The van der Waals surface area contributed by atoms with E-state index in [0.29, 0.717) is 19.5 Å². The van der Waals surface area contributed by atoms with Gasteiger partial charge in [0.1, 0.15) is 4.90 Å². The smallest absolute Gasteiger partial charge is 0.244 e. The summed E-state index contributed by atoms with van der Waals surface area (Å²) >= 11 is 0. The molecule has 1 aliphatic heterocycles. The first-order valence-corrected chi connectivity index (χ1v) is 7.11. The van der Waals surface area contributed by atoms with Crippen molar-refractivity contribution in [3.05, 3.63) is 24.5 Å². The molecule has 0 saturated carbocycles. The molecule has 94 valence electrons. The number of nitrogens with two attached hydrogens (primary N) is 1. The largest absolute Gasteiger partial charge is 0.327 e. The topological polar surface area (TPSA) is 76.3 Å². The van der Waals surface area contributed by atoms with Gasteiger partial charge in [-0.3, -0.25) is 4.98 Å². The zero-order valence-corrected chi connectivity index (χ0v) is 10.6. The summed E-state index contributed by atoms with van der Waals surface area (Å²) in [6.45, 7) is 2.96. The fourth-order valence-electron chi connectivity index (χ4n) is 1.99. The van der Waals surface area contributed by atoms with E-state index in [0.717, 1.165) is 0 Å². The Hall–Kier alpha value is -0.980. The van der Waals surface area contributed by atoms with Gasteiger partial charge in [0.2, 0.25) is 10.0 Å². The summed E-state index contributed by atoms with van der Waals surface area (Å²) in [4.78, 5) is 4.10. The van der Waals surface area contributed by atoms with Gasteiger partial charge in [-0.15, -0.1) is 0 Å². The van der Waals surface area contributed by atoms with Gasteiger partial charge in [0, 0.05) is 31.5 Å². The van der Waals surface area contributed by atoms with Crippen LogP contribution in [0.25, 0.3) is 0 Å². The summed E-state index contributed by atoms with van der Waals surface area (Å²) in [5, 5.41) is 0. The molecule has 1 saturated heterocycles. The van der Waals surface area contributed by atoms with Crippen LogP contribution >= 0.6 is 0 Å². The molecule has 2 heterocycles. The number of sulfonamides is 1. The van der Waals surface area contributed by atoms with Crippen LogP contribution in [-0.4, -0.2) is 36.8 Å². The molecule has 1 aromatic rings. The third kappa shape index (κ3) is 2.48. The van der Waals surface area contributed by atoms with Crippen molar-refractivity contribution in [1.29, 1.82) is 0 Å². The van der Waals surface area contributed by atoms with E-state index in [-0.39, 0.29) is 16.9 Å². The van der Waals surface area contributed by atoms with Crippen LogP contribution in [0.2, 0.25) is 0 Å². The van der Waals surface area contributed by atoms with E-state index < -0.39 is 10.0 Å². The second-order valence-corrected chi connectivity index (χ2v) is 6.42. The van der Waals surface area contributed by atoms with Crippen molar-refractivity contribution >= 4 is 10.0 Å². The van der Waals surface area contributed by atoms with Crippen LogP contribution in [0.3, 0.4) is 0 Å². The van der Waals surface area contributed by atoms with Crippen LogP contribution in [0.4, 0.5) is 0 Å². The Bertz CT molecular complexity index is 475. The van der Waals surface area contributed by atoms with Crippen LogP contribution in [0.5, 0.6) is 0 Å². The van der Waals surface area contributed by atoms with Gasteiger partial charge in [0.25, 0.3) is 0 Å². The van der Waals surface area contributed by atoms with E-state index in [2.05, 4.69) is 4.98 Å². The van der Waals surface area contributed by atoms with Crippen molar-refractivity contribution in [3.8, 4) is 0 Å². The van der Waals surface area contributed by atoms with Gasteiger partial charge in [-0.25, -0.2) is 8.42 Å². The third-order valence-corrected chi connectivity index (χ3v) is 5.06. The second-order valence-electron chi connectivity index (χ2n) is 4.48. The van der Waals surface area contributed by atoms with Gasteiger partial charge < -0.3 is 5.73 Å². The van der Waals surface area contributed by atoms with E-state index in [1.54, 1.807) is 18.3 Å². The highest BCUT2D eigenvalue weighted by molar-refractivity contribution is 7.89. The normalized spacial score (nSPS) is 26.9. The van der Waals surface area contributed by atoms with Gasteiger partial charge in [-0.2, -0.15) is 4.31 Å². The Morgan fingerprint density at radius 1 is 1.53 bits per heavy atom. The SMILES string of the molecule is CC1CN(S(=O)(=O)c2cccnc2)CCC1N. The van der Waals surface area contributed by atoms with Crippen LogP contribution < -0.4 is 5.73 Å². The summed E-state index contributed by atoms with van der Waals surface area (Å²) < 4.78 is 26.1. The molecule has 0 bridgehead atoms. The molecule has 5 nitrogen and oxygen atoms in total.